The first-order valence-electron chi connectivity index (χ1n) is 9.20. The number of anilines is 1. The highest BCUT2D eigenvalue weighted by molar-refractivity contribution is 7.89. The van der Waals surface area contributed by atoms with E-state index in [-0.39, 0.29) is 16.2 Å². The molecule has 0 aliphatic rings. The fourth-order valence-electron chi connectivity index (χ4n) is 2.85. The number of amides is 1. The summed E-state index contributed by atoms with van der Waals surface area (Å²) in [6.45, 7) is 0. The lowest BCUT2D eigenvalue weighted by molar-refractivity contribution is -0.117. The molecule has 0 heterocycles. The monoisotopic (exact) mass is 459 g/mol. The molecule has 0 unspecified atom stereocenters. The van der Waals surface area contributed by atoms with Crippen LogP contribution in [0.1, 0.15) is 5.56 Å². The largest absolute Gasteiger partial charge is 0.325 e. The third-order valence-electron chi connectivity index (χ3n) is 4.40. The van der Waals surface area contributed by atoms with Gasteiger partial charge in [0.2, 0.25) is 26.0 Å². The van der Waals surface area contributed by atoms with Crippen molar-refractivity contribution in [3.05, 3.63) is 90.5 Å². The molecule has 3 aromatic rings. The Hall–Kier alpha value is -3.05. The van der Waals surface area contributed by atoms with Gasteiger partial charge in [-0.05, 0) is 48.4 Å². The first-order valence-corrected chi connectivity index (χ1v) is 12.2. The molecule has 0 spiro atoms. The van der Waals surface area contributed by atoms with Crippen LogP contribution in [-0.4, -0.2) is 28.8 Å². The van der Waals surface area contributed by atoms with E-state index in [1.165, 1.54) is 36.4 Å². The van der Waals surface area contributed by atoms with Gasteiger partial charge in [0, 0.05) is 5.69 Å². The maximum absolute atomic E-state index is 12.9. The molecule has 0 aliphatic carbocycles. The summed E-state index contributed by atoms with van der Waals surface area (Å²) in [7, 11) is -7.81. The van der Waals surface area contributed by atoms with Crippen molar-refractivity contribution in [2.24, 2.45) is 5.14 Å². The Morgan fingerprint density at radius 3 is 1.87 bits per heavy atom. The third-order valence-corrected chi connectivity index (χ3v) is 6.82. The van der Waals surface area contributed by atoms with Crippen LogP contribution in [0.2, 0.25) is 0 Å². The molecule has 3 rings (SSSR count). The molecular weight excluding hydrogens is 438 g/mol. The molecule has 31 heavy (non-hydrogen) atoms. The second kappa shape index (κ2) is 9.40. The van der Waals surface area contributed by atoms with Crippen LogP contribution in [0.3, 0.4) is 0 Å². The summed E-state index contributed by atoms with van der Waals surface area (Å²) in [6, 6.07) is 20.9. The highest BCUT2D eigenvalue weighted by atomic mass is 32.2. The number of hydrogen-bond donors (Lipinski definition) is 3. The van der Waals surface area contributed by atoms with E-state index < -0.39 is 32.0 Å². The third kappa shape index (κ3) is 6.22. The van der Waals surface area contributed by atoms with Crippen LogP contribution in [0.25, 0.3) is 0 Å². The normalized spacial score (nSPS) is 12.8. The first-order chi connectivity index (χ1) is 14.6. The van der Waals surface area contributed by atoms with E-state index in [1.54, 1.807) is 42.5 Å². The molecule has 3 aromatic carbocycles. The van der Waals surface area contributed by atoms with Gasteiger partial charge in [0.1, 0.15) is 6.04 Å². The average Bonchev–Trinajstić information content (AvgIpc) is 2.74. The van der Waals surface area contributed by atoms with E-state index in [0.29, 0.717) is 5.69 Å². The summed E-state index contributed by atoms with van der Waals surface area (Å²) < 4.78 is 50.8. The SMILES string of the molecule is NS(=O)(=O)c1ccc(NC(=O)[C@@H](Cc2ccccc2)NS(=O)(=O)c2ccccc2)cc1. The molecule has 8 nitrogen and oxygen atoms in total. The second-order valence-corrected chi connectivity index (χ2v) is 10.0. The van der Waals surface area contributed by atoms with E-state index in [1.807, 2.05) is 6.07 Å². The van der Waals surface area contributed by atoms with E-state index >= 15 is 0 Å². The number of carbonyl (C=O) groups excluding carboxylic acids is 1. The molecule has 4 N–H and O–H groups in total. The fourth-order valence-corrected chi connectivity index (χ4v) is 4.58. The zero-order chi connectivity index (χ0) is 22.5. The minimum absolute atomic E-state index is 0.0402. The number of sulfonamides is 2. The Morgan fingerprint density at radius 2 is 1.32 bits per heavy atom. The van der Waals surface area contributed by atoms with Crippen molar-refractivity contribution in [2.75, 3.05) is 5.32 Å². The smallest absolute Gasteiger partial charge is 0.242 e. The zero-order valence-electron chi connectivity index (χ0n) is 16.3. The number of benzene rings is 3. The molecule has 10 heteroatoms. The Kier molecular flexibility index (Phi) is 6.86. The van der Waals surface area contributed by atoms with Crippen LogP contribution in [0, 0.1) is 0 Å². The Balaban J connectivity index is 1.84. The maximum atomic E-state index is 12.9. The first kappa shape index (κ1) is 22.6. The molecule has 0 aromatic heterocycles. The summed E-state index contributed by atoms with van der Waals surface area (Å²) in [5, 5.41) is 7.69. The van der Waals surface area contributed by atoms with Crippen molar-refractivity contribution in [3.63, 3.8) is 0 Å². The predicted octanol–water partition coefficient (Wildman–Crippen LogP) is 1.86. The molecule has 0 radical (unpaired) electrons. The highest BCUT2D eigenvalue weighted by Crippen LogP contribution is 2.15. The summed E-state index contributed by atoms with van der Waals surface area (Å²) in [5.74, 6) is -0.591. The highest BCUT2D eigenvalue weighted by Gasteiger charge is 2.26. The van der Waals surface area contributed by atoms with Crippen molar-refractivity contribution in [1.82, 2.24) is 4.72 Å². The van der Waals surface area contributed by atoms with Gasteiger partial charge in [-0.15, -0.1) is 0 Å². The van der Waals surface area contributed by atoms with Gasteiger partial charge in [0.15, 0.2) is 0 Å². The lowest BCUT2D eigenvalue weighted by atomic mass is 10.1. The minimum Gasteiger partial charge on any atom is -0.325 e. The van der Waals surface area contributed by atoms with Gasteiger partial charge in [-0.2, -0.15) is 4.72 Å². The van der Waals surface area contributed by atoms with Crippen LogP contribution in [-0.2, 0) is 31.3 Å². The van der Waals surface area contributed by atoms with E-state index in [9.17, 15) is 21.6 Å². The Labute approximate surface area is 181 Å². The van der Waals surface area contributed by atoms with Gasteiger partial charge in [-0.25, -0.2) is 22.0 Å². The van der Waals surface area contributed by atoms with Gasteiger partial charge in [-0.3, -0.25) is 4.79 Å². The minimum atomic E-state index is -3.95. The summed E-state index contributed by atoms with van der Waals surface area (Å²) in [5.41, 5.74) is 1.07. The predicted molar refractivity (Wildman–Crippen MR) is 117 cm³/mol. The molecule has 0 fully saturated rings. The van der Waals surface area contributed by atoms with Crippen molar-refractivity contribution in [3.8, 4) is 0 Å². The summed E-state index contributed by atoms with van der Waals surface area (Å²) in [4.78, 5) is 12.9. The van der Waals surface area contributed by atoms with E-state index in [4.69, 9.17) is 5.14 Å². The van der Waals surface area contributed by atoms with Gasteiger partial charge >= 0.3 is 0 Å². The molecule has 1 amide bonds. The van der Waals surface area contributed by atoms with E-state index in [0.717, 1.165) is 5.56 Å². The van der Waals surface area contributed by atoms with Gasteiger partial charge in [0.25, 0.3) is 0 Å². The molecular formula is C21H21N3O5S2. The number of primary sulfonamides is 1. The quantitative estimate of drug-likeness (QED) is 0.472. The maximum Gasteiger partial charge on any atom is 0.242 e. The number of hydrogen-bond acceptors (Lipinski definition) is 5. The van der Waals surface area contributed by atoms with Crippen LogP contribution < -0.4 is 15.2 Å². The lowest BCUT2D eigenvalue weighted by Crippen LogP contribution is -2.45. The number of nitrogens with one attached hydrogen (secondary N) is 2. The van der Waals surface area contributed by atoms with Crippen molar-refractivity contribution < 1.29 is 21.6 Å². The van der Waals surface area contributed by atoms with Crippen LogP contribution in [0.5, 0.6) is 0 Å². The second-order valence-electron chi connectivity index (χ2n) is 6.74. The molecule has 162 valence electrons. The van der Waals surface area contributed by atoms with E-state index in [2.05, 4.69) is 10.0 Å². The molecule has 0 saturated carbocycles. The molecule has 1 atom stereocenters. The molecule has 0 bridgehead atoms. The Bertz CT molecular complexity index is 1250. The molecule has 0 aliphatic heterocycles. The number of rotatable bonds is 8. The Morgan fingerprint density at radius 1 is 0.774 bits per heavy atom. The fraction of sp³-hybridized carbons (Fsp3) is 0.0952. The standard InChI is InChI=1S/C21H21N3O5S2/c22-30(26,27)18-13-11-17(12-14-18)23-21(25)20(15-16-7-3-1-4-8-16)24-31(28,29)19-9-5-2-6-10-19/h1-14,20,24H,15H2,(H,23,25)(H2,22,26,27)/t20-/m1/s1. The molecule has 0 saturated heterocycles. The zero-order valence-corrected chi connectivity index (χ0v) is 17.9. The van der Waals surface area contributed by atoms with Crippen molar-refractivity contribution in [2.45, 2.75) is 22.3 Å². The van der Waals surface area contributed by atoms with Crippen LogP contribution >= 0.6 is 0 Å². The van der Waals surface area contributed by atoms with Crippen molar-refractivity contribution in [1.29, 1.82) is 0 Å². The summed E-state index contributed by atoms with van der Waals surface area (Å²) in [6.07, 6.45) is 0.119. The van der Waals surface area contributed by atoms with Gasteiger partial charge in [0.05, 0.1) is 9.79 Å². The average molecular weight is 460 g/mol. The van der Waals surface area contributed by atoms with Gasteiger partial charge < -0.3 is 5.32 Å². The number of carbonyl (C=O) groups is 1. The number of nitrogens with two attached hydrogens (primary N) is 1. The lowest BCUT2D eigenvalue weighted by Gasteiger charge is -2.19. The van der Waals surface area contributed by atoms with Crippen LogP contribution in [0.15, 0.2) is 94.7 Å². The summed E-state index contributed by atoms with van der Waals surface area (Å²) >= 11 is 0. The topological polar surface area (TPSA) is 135 Å². The van der Waals surface area contributed by atoms with Crippen LogP contribution in [0.4, 0.5) is 5.69 Å². The van der Waals surface area contributed by atoms with Gasteiger partial charge in [-0.1, -0.05) is 48.5 Å². The van der Waals surface area contributed by atoms with Crippen molar-refractivity contribution >= 4 is 31.6 Å².